The number of hydrogen-bond donors (Lipinski definition) is 3. The van der Waals surface area contributed by atoms with E-state index in [-0.39, 0.29) is 39.7 Å². The number of carbonyl (C=O) groups is 2. The van der Waals surface area contributed by atoms with Crippen molar-refractivity contribution in [2.75, 3.05) is 17.6 Å². The van der Waals surface area contributed by atoms with Gasteiger partial charge in [-0.15, -0.1) is 0 Å². The predicted octanol–water partition coefficient (Wildman–Crippen LogP) is 4.65. The minimum absolute atomic E-state index is 0.0279. The summed E-state index contributed by atoms with van der Waals surface area (Å²) >= 11 is 12.4. The lowest BCUT2D eigenvalue weighted by Gasteiger charge is -2.08. The summed E-state index contributed by atoms with van der Waals surface area (Å²) in [6.07, 6.45) is 2.32. The van der Waals surface area contributed by atoms with Gasteiger partial charge in [0.15, 0.2) is 0 Å². The van der Waals surface area contributed by atoms with Gasteiger partial charge in [-0.1, -0.05) is 35.3 Å². The molecule has 0 aliphatic rings. The highest BCUT2D eigenvalue weighted by atomic mass is 35.5. The molecule has 0 unspecified atom stereocenters. The van der Waals surface area contributed by atoms with Gasteiger partial charge in [0.05, 0.1) is 23.5 Å². The summed E-state index contributed by atoms with van der Waals surface area (Å²) in [5.41, 5.74) is 1.11. The van der Waals surface area contributed by atoms with E-state index in [0.29, 0.717) is 15.9 Å². The molecule has 0 spiro atoms. The van der Waals surface area contributed by atoms with Crippen molar-refractivity contribution in [3.8, 4) is 0 Å². The largest absolute Gasteiger partial charge is 0.478 e. The quantitative estimate of drug-likeness (QED) is 0.322. The van der Waals surface area contributed by atoms with Gasteiger partial charge in [-0.3, -0.25) is 4.72 Å². The zero-order chi connectivity index (χ0) is 23.6. The molecular formula is C21H18Cl2N2O6S. The maximum absolute atomic E-state index is 12.5. The average molecular weight is 497 g/mol. The molecule has 168 valence electrons. The molecule has 0 radical (unpaired) electrons. The van der Waals surface area contributed by atoms with Crippen molar-refractivity contribution in [1.82, 2.24) is 4.98 Å². The molecule has 3 rings (SSSR count). The van der Waals surface area contributed by atoms with Crippen molar-refractivity contribution in [2.24, 2.45) is 0 Å². The number of carboxylic acid groups (broad SMARTS) is 1. The van der Waals surface area contributed by atoms with Gasteiger partial charge in [0.25, 0.3) is 0 Å². The maximum atomic E-state index is 12.5. The molecule has 1 aromatic heterocycles. The average Bonchev–Trinajstić information content (AvgIpc) is 3.04. The molecule has 11 heteroatoms. The third-order valence-corrected chi connectivity index (χ3v) is 5.47. The number of rotatable bonds is 7. The van der Waals surface area contributed by atoms with Crippen molar-refractivity contribution < 1.29 is 27.9 Å². The van der Waals surface area contributed by atoms with Crippen LogP contribution in [-0.4, -0.2) is 43.3 Å². The number of carboxylic acids is 1. The first-order valence-electron chi connectivity index (χ1n) is 9.21. The van der Waals surface area contributed by atoms with Crippen LogP contribution in [0.25, 0.3) is 22.6 Å². The lowest BCUT2D eigenvalue weighted by atomic mass is 10.0. The number of ether oxygens (including phenoxy) is 1. The lowest BCUT2D eigenvalue weighted by molar-refractivity contribution is -0.130. The summed E-state index contributed by atoms with van der Waals surface area (Å²) in [5, 5.41) is 10.8. The van der Waals surface area contributed by atoms with Gasteiger partial charge >= 0.3 is 11.9 Å². The summed E-state index contributed by atoms with van der Waals surface area (Å²) in [6.45, 7) is 1.76. The van der Waals surface area contributed by atoms with Crippen LogP contribution >= 0.6 is 23.2 Å². The monoisotopic (exact) mass is 496 g/mol. The number of nitrogens with one attached hydrogen (secondary N) is 2. The van der Waals surface area contributed by atoms with E-state index in [9.17, 15) is 23.1 Å². The van der Waals surface area contributed by atoms with Crippen LogP contribution in [0.5, 0.6) is 0 Å². The molecule has 0 aliphatic carbocycles. The molecule has 0 bridgehead atoms. The van der Waals surface area contributed by atoms with Gasteiger partial charge in [0, 0.05) is 27.2 Å². The van der Waals surface area contributed by atoms with E-state index in [4.69, 9.17) is 27.9 Å². The van der Waals surface area contributed by atoms with Crippen LogP contribution in [0.4, 0.5) is 5.69 Å². The van der Waals surface area contributed by atoms with E-state index in [1.807, 2.05) is 0 Å². The highest BCUT2D eigenvalue weighted by Crippen LogP contribution is 2.35. The highest BCUT2D eigenvalue weighted by Gasteiger charge is 2.22. The van der Waals surface area contributed by atoms with Crippen LogP contribution in [0.15, 0.2) is 36.4 Å². The number of aromatic amines is 1. The number of aliphatic carboxylic acids is 1. The van der Waals surface area contributed by atoms with E-state index >= 15 is 0 Å². The molecule has 0 aliphatic heterocycles. The summed E-state index contributed by atoms with van der Waals surface area (Å²) < 4.78 is 30.2. The van der Waals surface area contributed by atoms with Gasteiger partial charge in [-0.05, 0) is 42.8 Å². The standard InChI is InChI=1S/C21H18Cl2N2O6S/c1-3-31-21(28)19-15(18-16(23)8-12(22)9-17(18)24-19)10-14(20(26)27)11-4-6-13(7-5-11)25-32(2,29)30/h4-10,24-25H,3H2,1-2H3,(H,26,27)/b14-10-. The first-order chi connectivity index (χ1) is 15.0. The third kappa shape index (κ3) is 5.24. The molecule has 0 saturated heterocycles. The number of H-pyrrole nitrogens is 1. The van der Waals surface area contributed by atoms with Crippen LogP contribution in [0.2, 0.25) is 10.0 Å². The van der Waals surface area contributed by atoms with Crippen molar-refractivity contribution in [3.05, 3.63) is 63.3 Å². The van der Waals surface area contributed by atoms with Crippen LogP contribution in [-0.2, 0) is 19.6 Å². The minimum Gasteiger partial charge on any atom is -0.478 e. The molecule has 32 heavy (non-hydrogen) atoms. The molecular weight excluding hydrogens is 479 g/mol. The van der Waals surface area contributed by atoms with E-state index in [1.54, 1.807) is 13.0 Å². The van der Waals surface area contributed by atoms with Crippen LogP contribution in [0.3, 0.4) is 0 Å². The van der Waals surface area contributed by atoms with E-state index in [0.717, 1.165) is 6.26 Å². The number of esters is 1. The molecule has 0 fully saturated rings. The summed E-state index contributed by atoms with van der Waals surface area (Å²) in [7, 11) is -3.48. The Hall–Kier alpha value is -3.01. The summed E-state index contributed by atoms with van der Waals surface area (Å²) in [4.78, 5) is 27.5. The molecule has 8 nitrogen and oxygen atoms in total. The number of hydrogen-bond acceptors (Lipinski definition) is 5. The molecule has 0 atom stereocenters. The Morgan fingerprint density at radius 2 is 1.84 bits per heavy atom. The number of sulfonamides is 1. The predicted molar refractivity (Wildman–Crippen MR) is 125 cm³/mol. The fourth-order valence-corrected chi connectivity index (χ4v) is 4.29. The van der Waals surface area contributed by atoms with Crippen molar-refractivity contribution in [1.29, 1.82) is 0 Å². The second-order valence-electron chi connectivity index (χ2n) is 6.76. The minimum atomic E-state index is -3.48. The Kier molecular flexibility index (Phi) is 6.82. The Bertz CT molecular complexity index is 1340. The Labute approximate surface area is 193 Å². The Morgan fingerprint density at radius 3 is 2.41 bits per heavy atom. The van der Waals surface area contributed by atoms with Crippen LogP contribution in [0, 0.1) is 0 Å². The lowest BCUT2D eigenvalue weighted by Crippen LogP contribution is -2.09. The number of carbonyl (C=O) groups excluding carboxylic acids is 1. The Balaban J connectivity index is 2.20. The van der Waals surface area contributed by atoms with Crippen LogP contribution < -0.4 is 4.72 Å². The van der Waals surface area contributed by atoms with Gasteiger partial charge < -0.3 is 14.8 Å². The first-order valence-corrected chi connectivity index (χ1v) is 11.9. The second kappa shape index (κ2) is 9.23. The molecule has 0 amide bonds. The van der Waals surface area contributed by atoms with Crippen molar-refractivity contribution in [3.63, 3.8) is 0 Å². The number of anilines is 1. The van der Waals surface area contributed by atoms with E-state index < -0.39 is 22.0 Å². The Morgan fingerprint density at radius 1 is 1.19 bits per heavy atom. The highest BCUT2D eigenvalue weighted by molar-refractivity contribution is 7.92. The zero-order valence-corrected chi connectivity index (χ0v) is 19.2. The van der Waals surface area contributed by atoms with Crippen LogP contribution in [0.1, 0.15) is 28.5 Å². The van der Waals surface area contributed by atoms with Gasteiger partial charge in [-0.2, -0.15) is 0 Å². The molecule has 0 saturated carbocycles. The maximum Gasteiger partial charge on any atom is 0.355 e. The van der Waals surface area contributed by atoms with Crippen molar-refractivity contribution in [2.45, 2.75) is 6.92 Å². The normalized spacial score (nSPS) is 12.1. The van der Waals surface area contributed by atoms with Crippen molar-refractivity contribution >= 4 is 73.4 Å². The molecule has 3 N–H and O–H groups in total. The van der Waals surface area contributed by atoms with E-state index in [2.05, 4.69) is 9.71 Å². The fraction of sp³-hybridized carbons (Fsp3) is 0.143. The topological polar surface area (TPSA) is 126 Å². The number of fused-ring (bicyclic) bond motifs is 1. The van der Waals surface area contributed by atoms with Gasteiger partial charge in [0.2, 0.25) is 10.0 Å². The smallest absolute Gasteiger partial charge is 0.355 e. The molecule has 2 aromatic carbocycles. The fourth-order valence-electron chi connectivity index (χ4n) is 3.13. The third-order valence-electron chi connectivity index (χ3n) is 4.35. The summed E-state index contributed by atoms with van der Waals surface area (Å²) in [6, 6.07) is 8.81. The van der Waals surface area contributed by atoms with E-state index in [1.165, 1.54) is 36.4 Å². The number of halogens is 2. The van der Waals surface area contributed by atoms with Gasteiger partial charge in [-0.25, -0.2) is 18.0 Å². The number of benzene rings is 2. The summed E-state index contributed by atoms with van der Waals surface area (Å²) in [5.74, 6) is -1.94. The second-order valence-corrected chi connectivity index (χ2v) is 9.35. The number of aromatic nitrogens is 1. The SMILES string of the molecule is CCOC(=O)c1[nH]c2cc(Cl)cc(Cl)c2c1/C=C(\C(=O)O)c1ccc(NS(C)(=O)=O)cc1. The van der Waals surface area contributed by atoms with Gasteiger partial charge in [0.1, 0.15) is 5.69 Å². The first kappa shape index (κ1) is 23.6. The molecule has 3 aromatic rings. The zero-order valence-electron chi connectivity index (χ0n) is 16.9. The molecule has 1 heterocycles.